The molecule has 1 fully saturated rings. The molecule has 6 nitrogen and oxygen atoms in total. The zero-order chi connectivity index (χ0) is 16.4. The molecule has 124 valence electrons. The van der Waals surface area contributed by atoms with Crippen molar-refractivity contribution >= 4 is 32.7 Å². The van der Waals surface area contributed by atoms with Crippen molar-refractivity contribution in [3.63, 3.8) is 0 Å². The smallest absolute Gasteiger partial charge is 0.272 e. The molecule has 1 amide bonds. The van der Waals surface area contributed by atoms with Crippen LogP contribution >= 0.6 is 15.9 Å². The third-order valence-electron chi connectivity index (χ3n) is 3.63. The lowest BCUT2D eigenvalue weighted by Gasteiger charge is -2.19. The van der Waals surface area contributed by atoms with Gasteiger partial charge in [-0.1, -0.05) is 0 Å². The van der Waals surface area contributed by atoms with E-state index in [1.54, 1.807) is 4.90 Å². The molecule has 0 radical (unpaired) electrons. The largest absolute Gasteiger partial charge is 0.380 e. The first kappa shape index (κ1) is 16.3. The lowest BCUT2D eigenvalue weighted by molar-refractivity contribution is 0.0735. The molecule has 2 aromatic rings. The van der Waals surface area contributed by atoms with Gasteiger partial charge in [0.2, 0.25) is 0 Å². The molecule has 0 bridgehead atoms. The van der Waals surface area contributed by atoms with Crippen LogP contribution in [0.25, 0.3) is 10.9 Å². The van der Waals surface area contributed by atoms with Crippen molar-refractivity contribution in [1.29, 1.82) is 0 Å². The van der Waals surface area contributed by atoms with Gasteiger partial charge in [0.05, 0.1) is 17.5 Å². The highest BCUT2D eigenvalue weighted by atomic mass is 79.9. The Bertz CT molecular complexity index is 714. The number of amides is 1. The van der Waals surface area contributed by atoms with Crippen LogP contribution < -0.4 is 0 Å². The van der Waals surface area contributed by atoms with Gasteiger partial charge in [-0.2, -0.15) is 5.10 Å². The Morgan fingerprint density at radius 1 is 1.39 bits per heavy atom. The monoisotopic (exact) mass is 388 g/mol. The van der Waals surface area contributed by atoms with Gasteiger partial charge < -0.3 is 9.64 Å². The van der Waals surface area contributed by atoms with Crippen molar-refractivity contribution in [1.82, 2.24) is 19.7 Å². The minimum atomic E-state index is -2.53. The van der Waals surface area contributed by atoms with Crippen LogP contribution in [0.3, 0.4) is 0 Å². The highest BCUT2D eigenvalue weighted by molar-refractivity contribution is 9.10. The highest BCUT2D eigenvalue weighted by Crippen LogP contribution is 2.24. The second-order valence-electron chi connectivity index (χ2n) is 5.21. The molecule has 1 aliphatic rings. The van der Waals surface area contributed by atoms with E-state index in [0.29, 0.717) is 41.8 Å². The zero-order valence-electron chi connectivity index (χ0n) is 12.2. The minimum Gasteiger partial charge on any atom is -0.380 e. The Hall–Kier alpha value is -1.61. The summed E-state index contributed by atoms with van der Waals surface area (Å²) in [6.07, 6.45) is -0.279. The van der Waals surface area contributed by atoms with Crippen LogP contribution in [0.2, 0.25) is 0 Å². The number of pyridine rings is 1. The highest BCUT2D eigenvalue weighted by Gasteiger charge is 2.21. The fourth-order valence-corrected chi connectivity index (χ4v) is 3.03. The molecule has 0 N–H and O–H groups in total. The Kier molecular flexibility index (Phi) is 4.86. The van der Waals surface area contributed by atoms with Crippen molar-refractivity contribution in [3.8, 4) is 0 Å². The standard InChI is InChI=1S/C14H15BrF2N4O2/c15-13-9-7-18-10(6-11(9)21(19-13)8-12(16)17)14(22)20-2-1-4-23-5-3-20/h6-7,12H,1-5,8H2. The number of halogens is 3. The summed E-state index contributed by atoms with van der Waals surface area (Å²) in [6, 6.07) is 1.52. The molecule has 9 heteroatoms. The zero-order valence-corrected chi connectivity index (χ0v) is 13.8. The Morgan fingerprint density at radius 3 is 3.00 bits per heavy atom. The van der Waals surface area contributed by atoms with E-state index < -0.39 is 13.0 Å². The minimum absolute atomic E-state index is 0.224. The molecule has 0 aliphatic carbocycles. The van der Waals surface area contributed by atoms with Gasteiger partial charge in [-0.05, 0) is 28.4 Å². The number of carbonyl (C=O) groups is 1. The van der Waals surface area contributed by atoms with E-state index in [1.165, 1.54) is 16.9 Å². The van der Waals surface area contributed by atoms with Crippen LogP contribution in [0.15, 0.2) is 16.9 Å². The van der Waals surface area contributed by atoms with Crippen LogP contribution in [0.5, 0.6) is 0 Å². The number of carbonyl (C=O) groups excluding carboxylic acids is 1. The lowest BCUT2D eigenvalue weighted by Crippen LogP contribution is -2.33. The van der Waals surface area contributed by atoms with Crippen LogP contribution in [0.1, 0.15) is 16.9 Å². The molecule has 0 unspecified atom stereocenters. The first-order valence-electron chi connectivity index (χ1n) is 7.23. The van der Waals surface area contributed by atoms with E-state index in [4.69, 9.17) is 4.74 Å². The van der Waals surface area contributed by atoms with Gasteiger partial charge in [-0.15, -0.1) is 0 Å². The summed E-state index contributed by atoms with van der Waals surface area (Å²) in [5.41, 5.74) is 0.684. The molecular weight excluding hydrogens is 374 g/mol. The van der Waals surface area contributed by atoms with Gasteiger partial charge in [0, 0.05) is 25.9 Å². The van der Waals surface area contributed by atoms with Crippen molar-refractivity contribution in [3.05, 3.63) is 22.6 Å². The third-order valence-corrected chi connectivity index (χ3v) is 4.22. The summed E-state index contributed by atoms with van der Waals surface area (Å²) in [5.74, 6) is -0.224. The number of aromatic nitrogens is 3. The Labute approximate surface area is 139 Å². The SMILES string of the molecule is O=C(c1cc2c(cn1)c(Br)nn2CC(F)F)N1CCCOCC1. The molecule has 3 heterocycles. The summed E-state index contributed by atoms with van der Waals surface area (Å²) in [4.78, 5) is 18.4. The second-order valence-corrected chi connectivity index (χ2v) is 5.96. The summed E-state index contributed by atoms with van der Waals surface area (Å²) in [6.45, 7) is 1.68. The van der Waals surface area contributed by atoms with Gasteiger partial charge in [0.1, 0.15) is 16.8 Å². The van der Waals surface area contributed by atoms with Crippen molar-refractivity contribution in [2.45, 2.75) is 19.4 Å². The Balaban J connectivity index is 1.93. The lowest BCUT2D eigenvalue weighted by atomic mass is 10.2. The van der Waals surface area contributed by atoms with Crippen molar-refractivity contribution in [2.75, 3.05) is 26.3 Å². The number of rotatable bonds is 3. The van der Waals surface area contributed by atoms with Crippen molar-refractivity contribution in [2.24, 2.45) is 0 Å². The predicted molar refractivity (Wildman–Crippen MR) is 82.6 cm³/mol. The molecule has 3 rings (SSSR count). The fraction of sp³-hybridized carbons (Fsp3) is 0.500. The van der Waals surface area contributed by atoms with Gasteiger partial charge in [-0.3, -0.25) is 14.5 Å². The first-order valence-corrected chi connectivity index (χ1v) is 8.03. The van der Waals surface area contributed by atoms with Gasteiger partial charge >= 0.3 is 0 Å². The quantitative estimate of drug-likeness (QED) is 0.809. The molecule has 2 aromatic heterocycles. The number of ether oxygens (including phenoxy) is 1. The number of hydrogen-bond acceptors (Lipinski definition) is 4. The molecule has 0 atom stereocenters. The molecule has 1 aliphatic heterocycles. The average Bonchev–Trinajstić information content (AvgIpc) is 2.72. The maximum atomic E-state index is 12.7. The van der Waals surface area contributed by atoms with E-state index >= 15 is 0 Å². The first-order chi connectivity index (χ1) is 11.1. The number of alkyl halides is 2. The molecular formula is C14H15BrF2N4O2. The van der Waals surface area contributed by atoms with E-state index in [1.807, 2.05) is 0 Å². The number of nitrogens with zero attached hydrogens (tertiary/aromatic N) is 4. The molecule has 0 spiro atoms. The number of hydrogen-bond donors (Lipinski definition) is 0. The van der Waals surface area contributed by atoms with Crippen LogP contribution in [-0.4, -0.2) is 58.3 Å². The summed E-state index contributed by atoms with van der Waals surface area (Å²) >= 11 is 3.23. The van der Waals surface area contributed by atoms with Gasteiger partial charge in [-0.25, -0.2) is 8.78 Å². The van der Waals surface area contributed by atoms with E-state index in [2.05, 4.69) is 26.0 Å². The van der Waals surface area contributed by atoms with Gasteiger partial charge in [0.15, 0.2) is 0 Å². The second kappa shape index (κ2) is 6.88. The predicted octanol–water partition coefficient (Wildman–Crippen LogP) is 2.32. The topological polar surface area (TPSA) is 60.2 Å². The summed E-state index contributed by atoms with van der Waals surface area (Å²) in [5, 5.41) is 4.62. The van der Waals surface area contributed by atoms with Gasteiger partial charge in [0.25, 0.3) is 12.3 Å². The molecule has 1 saturated heterocycles. The van der Waals surface area contributed by atoms with Crippen LogP contribution in [0, 0.1) is 0 Å². The van der Waals surface area contributed by atoms with Crippen LogP contribution in [-0.2, 0) is 11.3 Å². The molecule has 0 saturated carbocycles. The molecule has 23 heavy (non-hydrogen) atoms. The maximum absolute atomic E-state index is 12.7. The normalized spacial score (nSPS) is 16.1. The Morgan fingerprint density at radius 2 is 2.22 bits per heavy atom. The van der Waals surface area contributed by atoms with Crippen LogP contribution in [0.4, 0.5) is 8.78 Å². The van der Waals surface area contributed by atoms with E-state index in [0.717, 1.165) is 6.42 Å². The summed E-state index contributed by atoms with van der Waals surface area (Å²) in [7, 11) is 0. The third kappa shape index (κ3) is 3.50. The fourth-order valence-electron chi connectivity index (χ4n) is 2.53. The average molecular weight is 389 g/mol. The van der Waals surface area contributed by atoms with E-state index in [-0.39, 0.29) is 11.6 Å². The molecule has 0 aromatic carbocycles. The van der Waals surface area contributed by atoms with E-state index in [9.17, 15) is 13.6 Å². The maximum Gasteiger partial charge on any atom is 0.272 e. The number of fused-ring (bicyclic) bond motifs is 1. The summed E-state index contributed by atoms with van der Waals surface area (Å²) < 4.78 is 32.3. The van der Waals surface area contributed by atoms with Crippen molar-refractivity contribution < 1.29 is 18.3 Å².